The van der Waals surface area contributed by atoms with Crippen LogP contribution in [-0.4, -0.2) is 20.5 Å². The number of hydrogen-bond acceptors (Lipinski definition) is 6. The summed E-state index contributed by atoms with van der Waals surface area (Å²) in [5, 5.41) is 2.88. The van der Waals surface area contributed by atoms with Crippen molar-refractivity contribution in [3.05, 3.63) is 46.3 Å². The predicted molar refractivity (Wildman–Crippen MR) is 108 cm³/mol. The van der Waals surface area contributed by atoms with Gasteiger partial charge in [0.25, 0.3) is 10.0 Å². The topological polar surface area (TPSA) is 68.3 Å². The lowest BCUT2D eigenvalue weighted by atomic mass is 10.2. The first-order chi connectivity index (χ1) is 12.3. The molecule has 26 heavy (non-hydrogen) atoms. The van der Waals surface area contributed by atoms with Gasteiger partial charge in [0.05, 0.1) is 23.4 Å². The Bertz CT molecular complexity index is 1020. The largest absolute Gasteiger partial charge is 0.497 e. The molecule has 8 heteroatoms. The molecule has 0 spiro atoms. The summed E-state index contributed by atoms with van der Waals surface area (Å²) in [5.41, 5.74) is 1.49. The van der Waals surface area contributed by atoms with Gasteiger partial charge in [0.1, 0.15) is 15.7 Å². The molecule has 0 aliphatic carbocycles. The van der Waals surface area contributed by atoms with E-state index in [0.717, 1.165) is 20.5 Å². The van der Waals surface area contributed by atoms with Crippen LogP contribution in [0.1, 0.15) is 30.3 Å². The first-order valence-corrected chi connectivity index (χ1v) is 11.2. The van der Waals surface area contributed by atoms with Crippen molar-refractivity contribution < 1.29 is 13.2 Å². The normalized spacial score (nSPS) is 11.7. The van der Waals surface area contributed by atoms with Crippen molar-refractivity contribution in [2.45, 2.75) is 31.6 Å². The number of aromatic nitrogens is 1. The highest BCUT2D eigenvalue weighted by Gasteiger charge is 2.22. The third-order valence-corrected chi connectivity index (χ3v) is 7.52. The summed E-state index contributed by atoms with van der Waals surface area (Å²) >= 11 is 2.98. The molecular weight excluding hydrogens is 388 g/mol. The molecule has 5 nitrogen and oxygen atoms in total. The van der Waals surface area contributed by atoms with E-state index in [4.69, 9.17) is 4.74 Å². The van der Waals surface area contributed by atoms with E-state index < -0.39 is 10.0 Å². The van der Waals surface area contributed by atoms with Gasteiger partial charge in [0.15, 0.2) is 0 Å². The summed E-state index contributed by atoms with van der Waals surface area (Å²) in [6, 6.07) is 8.55. The average Bonchev–Trinajstić information content (AvgIpc) is 3.21. The van der Waals surface area contributed by atoms with E-state index in [1.54, 1.807) is 48.8 Å². The van der Waals surface area contributed by atoms with Crippen LogP contribution >= 0.6 is 22.7 Å². The van der Waals surface area contributed by atoms with Gasteiger partial charge < -0.3 is 4.74 Å². The Hall–Kier alpha value is -1.90. The van der Waals surface area contributed by atoms with Gasteiger partial charge >= 0.3 is 0 Å². The van der Waals surface area contributed by atoms with Crippen LogP contribution in [0.5, 0.6) is 5.75 Å². The first-order valence-electron chi connectivity index (χ1n) is 8.03. The number of aryl methyl sites for hydroxylation is 1. The average molecular weight is 409 g/mol. The number of nitrogens with one attached hydrogen (secondary N) is 1. The Morgan fingerprint density at radius 1 is 1.23 bits per heavy atom. The Labute approximate surface area is 161 Å². The van der Waals surface area contributed by atoms with Crippen LogP contribution in [0.4, 0.5) is 5.69 Å². The van der Waals surface area contributed by atoms with Gasteiger partial charge in [-0.1, -0.05) is 19.9 Å². The summed E-state index contributed by atoms with van der Waals surface area (Å²) < 4.78 is 33.4. The Kier molecular flexibility index (Phi) is 5.36. The predicted octanol–water partition coefficient (Wildman–Crippen LogP) is 5.11. The van der Waals surface area contributed by atoms with Crippen molar-refractivity contribution in [3.8, 4) is 15.6 Å². The van der Waals surface area contributed by atoms with E-state index in [9.17, 15) is 8.42 Å². The zero-order chi connectivity index (χ0) is 18.9. The number of ether oxygens (including phenoxy) is 1. The maximum absolute atomic E-state index is 12.8. The minimum Gasteiger partial charge on any atom is -0.497 e. The number of rotatable bonds is 6. The van der Waals surface area contributed by atoms with Gasteiger partial charge in [-0.05, 0) is 31.0 Å². The molecule has 138 valence electrons. The molecule has 0 aliphatic heterocycles. The number of benzene rings is 1. The molecule has 0 saturated heterocycles. The highest BCUT2D eigenvalue weighted by molar-refractivity contribution is 7.93. The van der Waals surface area contributed by atoms with Gasteiger partial charge in [-0.15, -0.1) is 22.7 Å². The second kappa shape index (κ2) is 7.38. The molecule has 0 atom stereocenters. The quantitative estimate of drug-likeness (QED) is 0.615. The Morgan fingerprint density at radius 2 is 2.00 bits per heavy atom. The zero-order valence-electron chi connectivity index (χ0n) is 14.9. The number of anilines is 1. The smallest absolute Gasteiger partial charge is 0.263 e. The minimum atomic E-state index is -3.68. The monoisotopic (exact) mass is 408 g/mol. The molecule has 3 aromatic rings. The number of hydrogen-bond donors (Lipinski definition) is 1. The van der Waals surface area contributed by atoms with E-state index >= 15 is 0 Å². The van der Waals surface area contributed by atoms with E-state index in [2.05, 4.69) is 23.6 Å². The molecule has 1 N–H and O–H groups in total. The fourth-order valence-corrected chi connectivity index (χ4v) is 6.09. The molecule has 0 saturated carbocycles. The van der Waals surface area contributed by atoms with Gasteiger partial charge in [-0.2, -0.15) is 0 Å². The van der Waals surface area contributed by atoms with Crippen LogP contribution in [0.3, 0.4) is 0 Å². The van der Waals surface area contributed by atoms with Crippen molar-refractivity contribution >= 4 is 38.4 Å². The van der Waals surface area contributed by atoms with Crippen molar-refractivity contribution in [1.29, 1.82) is 0 Å². The lowest BCUT2D eigenvalue weighted by Crippen LogP contribution is -2.13. The van der Waals surface area contributed by atoms with Gasteiger partial charge in [0, 0.05) is 16.3 Å². The van der Waals surface area contributed by atoms with Crippen LogP contribution in [0.25, 0.3) is 9.88 Å². The second-order valence-electron chi connectivity index (χ2n) is 6.10. The maximum Gasteiger partial charge on any atom is 0.263 e. The van der Waals surface area contributed by atoms with Crippen molar-refractivity contribution in [1.82, 2.24) is 4.98 Å². The van der Waals surface area contributed by atoms with Crippen LogP contribution in [-0.2, 0) is 10.0 Å². The molecule has 0 amide bonds. The number of sulfonamides is 1. The summed E-state index contributed by atoms with van der Waals surface area (Å²) in [4.78, 5) is 6.50. The molecule has 2 aromatic heterocycles. The maximum atomic E-state index is 12.8. The van der Waals surface area contributed by atoms with E-state index in [1.807, 2.05) is 12.3 Å². The summed E-state index contributed by atoms with van der Waals surface area (Å²) in [5.74, 6) is 0.941. The molecule has 2 heterocycles. The van der Waals surface area contributed by atoms with Crippen LogP contribution in [0, 0.1) is 6.92 Å². The van der Waals surface area contributed by atoms with Crippen molar-refractivity contribution in [2.75, 3.05) is 11.8 Å². The highest BCUT2D eigenvalue weighted by Crippen LogP contribution is 2.36. The lowest BCUT2D eigenvalue weighted by molar-refractivity contribution is 0.415. The fraction of sp³-hybridized carbons (Fsp3) is 0.278. The van der Waals surface area contributed by atoms with E-state index in [-0.39, 0.29) is 4.90 Å². The lowest BCUT2D eigenvalue weighted by Gasteiger charge is -2.08. The molecule has 0 bridgehead atoms. The SMILES string of the molecule is COc1cccc(NS(=O)(=O)c2cc(-c3nc(C(C)C)cs3)sc2C)c1. The molecule has 3 rings (SSSR count). The van der Waals surface area contributed by atoms with Gasteiger partial charge in [-0.25, -0.2) is 13.4 Å². The molecule has 1 aromatic carbocycles. The molecule has 0 unspecified atom stereocenters. The van der Waals surface area contributed by atoms with Gasteiger partial charge in [-0.3, -0.25) is 4.72 Å². The number of thiophene rings is 1. The standard InChI is InChI=1S/C18H20N2O3S3/c1-11(2)15-10-24-18(19-15)16-9-17(12(3)25-16)26(21,22)20-13-6-5-7-14(8-13)23-4/h5-11,20H,1-4H3. The summed E-state index contributed by atoms with van der Waals surface area (Å²) in [6.07, 6.45) is 0. The fourth-order valence-electron chi connectivity index (χ4n) is 2.40. The third kappa shape index (κ3) is 3.92. The van der Waals surface area contributed by atoms with Crippen molar-refractivity contribution in [3.63, 3.8) is 0 Å². The highest BCUT2D eigenvalue weighted by atomic mass is 32.2. The number of nitrogens with zero attached hydrogens (tertiary/aromatic N) is 1. The summed E-state index contributed by atoms with van der Waals surface area (Å²) in [7, 11) is -2.14. The van der Waals surface area contributed by atoms with E-state index in [1.165, 1.54) is 11.3 Å². The molecule has 0 aliphatic rings. The van der Waals surface area contributed by atoms with Gasteiger partial charge in [0.2, 0.25) is 0 Å². The summed E-state index contributed by atoms with van der Waals surface area (Å²) in [6.45, 7) is 5.99. The second-order valence-corrected chi connectivity index (χ2v) is 9.87. The molecule has 0 fully saturated rings. The first kappa shape index (κ1) is 18.9. The Balaban J connectivity index is 1.91. The molecular formula is C18H20N2O3S3. The third-order valence-electron chi connectivity index (χ3n) is 3.81. The van der Waals surface area contributed by atoms with Crippen LogP contribution in [0.15, 0.2) is 40.6 Å². The van der Waals surface area contributed by atoms with Crippen molar-refractivity contribution in [2.24, 2.45) is 0 Å². The number of thiazole rings is 1. The van der Waals surface area contributed by atoms with Crippen LogP contribution < -0.4 is 9.46 Å². The van der Waals surface area contributed by atoms with E-state index in [0.29, 0.717) is 17.4 Å². The van der Waals surface area contributed by atoms with Crippen LogP contribution in [0.2, 0.25) is 0 Å². The molecule has 0 radical (unpaired) electrons. The minimum absolute atomic E-state index is 0.279. The Morgan fingerprint density at radius 3 is 2.65 bits per heavy atom. The number of methoxy groups -OCH3 is 1. The zero-order valence-corrected chi connectivity index (χ0v) is 17.4.